The van der Waals surface area contributed by atoms with E-state index in [9.17, 15) is 9.59 Å². The quantitative estimate of drug-likeness (QED) is 0.805. The number of anilines is 2. The van der Waals surface area contributed by atoms with Gasteiger partial charge in [0.2, 0.25) is 0 Å². The number of carbonyl (C=O) groups is 2. The number of nitrogens with zero attached hydrogens (tertiary/aromatic N) is 1. The van der Waals surface area contributed by atoms with Crippen LogP contribution in [-0.2, 0) is 4.74 Å². The highest BCUT2D eigenvalue weighted by Gasteiger charge is 2.16. The maximum atomic E-state index is 12.7. The molecule has 6 heteroatoms. The zero-order valence-electron chi connectivity index (χ0n) is 16.4. The van der Waals surface area contributed by atoms with Gasteiger partial charge in [-0.1, -0.05) is 19.1 Å². The minimum absolute atomic E-state index is 0.0731. The third-order valence-electron chi connectivity index (χ3n) is 4.92. The number of ether oxygens (including phenoxy) is 1. The van der Waals surface area contributed by atoms with Crippen LogP contribution in [0.5, 0.6) is 0 Å². The predicted octanol–water partition coefficient (Wildman–Crippen LogP) is 3.30. The van der Waals surface area contributed by atoms with E-state index >= 15 is 0 Å². The smallest absolute Gasteiger partial charge is 0.255 e. The van der Waals surface area contributed by atoms with Gasteiger partial charge in [0, 0.05) is 30.4 Å². The highest BCUT2D eigenvalue weighted by Crippen LogP contribution is 2.19. The molecule has 0 aliphatic carbocycles. The molecule has 1 aliphatic heterocycles. The molecule has 148 valence electrons. The van der Waals surface area contributed by atoms with Crippen LogP contribution < -0.4 is 15.5 Å². The first-order chi connectivity index (χ1) is 13.6. The molecule has 2 N–H and O–H groups in total. The van der Waals surface area contributed by atoms with Crippen molar-refractivity contribution in [1.82, 2.24) is 5.32 Å². The maximum Gasteiger partial charge on any atom is 0.255 e. The van der Waals surface area contributed by atoms with E-state index in [1.54, 1.807) is 24.3 Å². The van der Waals surface area contributed by atoms with Gasteiger partial charge in [0.15, 0.2) is 0 Å². The van der Waals surface area contributed by atoms with Crippen LogP contribution in [0.1, 0.15) is 41.0 Å². The van der Waals surface area contributed by atoms with Gasteiger partial charge < -0.3 is 20.3 Å². The fraction of sp³-hybridized carbons (Fsp3) is 0.364. The molecule has 0 bridgehead atoms. The van der Waals surface area contributed by atoms with Crippen LogP contribution in [0, 0.1) is 0 Å². The maximum absolute atomic E-state index is 12.7. The Kier molecular flexibility index (Phi) is 6.66. The average molecular weight is 381 g/mol. The molecule has 1 saturated heterocycles. The highest BCUT2D eigenvalue weighted by atomic mass is 16.5. The zero-order valence-corrected chi connectivity index (χ0v) is 16.4. The fourth-order valence-corrected chi connectivity index (χ4v) is 3.03. The van der Waals surface area contributed by atoms with Gasteiger partial charge in [0.05, 0.1) is 24.5 Å². The Bertz CT molecular complexity index is 814. The molecule has 0 unspecified atom stereocenters. The van der Waals surface area contributed by atoms with E-state index in [0.29, 0.717) is 16.8 Å². The van der Waals surface area contributed by atoms with E-state index in [1.807, 2.05) is 38.1 Å². The lowest BCUT2D eigenvalue weighted by atomic mass is 10.1. The van der Waals surface area contributed by atoms with Crippen LogP contribution in [0.2, 0.25) is 0 Å². The summed E-state index contributed by atoms with van der Waals surface area (Å²) in [6, 6.07) is 14.6. The number of para-hydroxylation sites is 1. The summed E-state index contributed by atoms with van der Waals surface area (Å²) in [5.74, 6) is -0.426. The molecule has 1 atom stereocenters. The minimum atomic E-state index is -0.239. The topological polar surface area (TPSA) is 70.7 Å². The van der Waals surface area contributed by atoms with Crippen LogP contribution in [0.25, 0.3) is 0 Å². The number of hydrogen-bond acceptors (Lipinski definition) is 4. The Morgan fingerprint density at radius 3 is 2.39 bits per heavy atom. The third kappa shape index (κ3) is 4.89. The number of amides is 2. The van der Waals surface area contributed by atoms with E-state index in [2.05, 4.69) is 15.5 Å². The number of carbonyl (C=O) groups excluding carboxylic acids is 2. The van der Waals surface area contributed by atoms with Crippen molar-refractivity contribution in [2.45, 2.75) is 26.3 Å². The molecule has 0 radical (unpaired) electrons. The van der Waals surface area contributed by atoms with Crippen LogP contribution in [0.3, 0.4) is 0 Å². The van der Waals surface area contributed by atoms with Crippen molar-refractivity contribution in [3.05, 3.63) is 59.7 Å². The number of benzene rings is 2. The Morgan fingerprint density at radius 2 is 1.71 bits per heavy atom. The predicted molar refractivity (Wildman–Crippen MR) is 111 cm³/mol. The number of nitrogens with one attached hydrogen (secondary N) is 2. The van der Waals surface area contributed by atoms with E-state index in [-0.39, 0.29) is 17.9 Å². The molecule has 0 spiro atoms. The van der Waals surface area contributed by atoms with Crippen LogP contribution >= 0.6 is 0 Å². The van der Waals surface area contributed by atoms with Crippen LogP contribution in [-0.4, -0.2) is 44.2 Å². The van der Waals surface area contributed by atoms with Gasteiger partial charge in [-0.15, -0.1) is 0 Å². The normalized spacial score (nSPS) is 15.0. The summed E-state index contributed by atoms with van der Waals surface area (Å²) >= 11 is 0. The highest BCUT2D eigenvalue weighted by molar-refractivity contribution is 6.09. The second-order valence-electron chi connectivity index (χ2n) is 6.93. The van der Waals surface area contributed by atoms with Crippen molar-refractivity contribution in [2.75, 3.05) is 36.5 Å². The first-order valence-corrected chi connectivity index (χ1v) is 9.72. The molecule has 3 rings (SSSR count). The van der Waals surface area contributed by atoms with Crippen molar-refractivity contribution in [3.8, 4) is 0 Å². The number of rotatable bonds is 6. The molecule has 0 aromatic heterocycles. The molecule has 2 aromatic carbocycles. The van der Waals surface area contributed by atoms with E-state index in [1.165, 1.54) is 0 Å². The molecule has 2 amide bonds. The fourth-order valence-electron chi connectivity index (χ4n) is 3.03. The van der Waals surface area contributed by atoms with Gasteiger partial charge in [-0.2, -0.15) is 0 Å². The van der Waals surface area contributed by atoms with E-state index in [0.717, 1.165) is 38.4 Å². The lowest BCUT2D eigenvalue weighted by molar-refractivity contribution is 0.0940. The summed E-state index contributed by atoms with van der Waals surface area (Å²) in [4.78, 5) is 27.4. The average Bonchev–Trinajstić information content (AvgIpc) is 2.74. The number of morpholine rings is 1. The summed E-state index contributed by atoms with van der Waals surface area (Å²) < 4.78 is 5.37. The standard InChI is InChI=1S/C22H27N3O3/c1-3-16(2)23-22(27)19-6-4-5-7-20(19)24-21(26)17-8-10-18(11-9-17)25-12-14-28-15-13-25/h4-11,16H,3,12-15H2,1-2H3,(H,23,27)(H,24,26)/t16-/m0/s1. The van der Waals surface area contributed by atoms with Crippen molar-refractivity contribution in [1.29, 1.82) is 0 Å². The Hall–Kier alpha value is -2.86. The molecule has 1 aliphatic rings. The lowest BCUT2D eigenvalue weighted by Crippen LogP contribution is -2.36. The number of hydrogen-bond donors (Lipinski definition) is 2. The Balaban J connectivity index is 1.70. The SMILES string of the molecule is CC[C@H](C)NC(=O)c1ccccc1NC(=O)c1ccc(N2CCOCC2)cc1. The first kappa shape index (κ1) is 19.9. The van der Waals surface area contributed by atoms with Crippen molar-refractivity contribution < 1.29 is 14.3 Å². The molecule has 28 heavy (non-hydrogen) atoms. The lowest BCUT2D eigenvalue weighted by Gasteiger charge is -2.28. The van der Waals surface area contributed by atoms with Crippen molar-refractivity contribution in [2.24, 2.45) is 0 Å². The second kappa shape index (κ2) is 9.37. The third-order valence-corrected chi connectivity index (χ3v) is 4.92. The van der Waals surface area contributed by atoms with E-state index in [4.69, 9.17) is 4.74 Å². The molecule has 1 fully saturated rings. The molecular weight excluding hydrogens is 354 g/mol. The van der Waals surface area contributed by atoms with Crippen LogP contribution in [0.4, 0.5) is 11.4 Å². The largest absolute Gasteiger partial charge is 0.378 e. The minimum Gasteiger partial charge on any atom is -0.378 e. The zero-order chi connectivity index (χ0) is 19.9. The Morgan fingerprint density at radius 1 is 1.04 bits per heavy atom. The Labute approximate surface area is 165 Å². The summed E-state index contributed by atoms with van der Waals surface area (Å²) in [6.07, 6.45) is 0.843. The monoisotopic (exact) mass is 381 g/mol. The summed E-state index contributed by atoms with van der Waals surface area (Å²) in [5.41, 5.74) is 2.59. The summed E-state index contributed by atoms with van der Waals surface area (Å²) in [6.45, 7) is 7.11. The second-order valence-corrected chi connectivity index (χ2v) is 6.93. The van der Waals surface area contributed by atoms with Gasteiger partial charge >= 0.3 is 0 Å². The van der Waals surface area contributed by atoms with Gasteiger partial charge in [0.1, 0.15) is 0 Å². The molecular formula is C22H27N3O3. The van der Waals surface area contributed by atoms with E-state index < -0.39 is 0 Å². The van der Waals surface area contributed by atoms with Gasteiger partial charge in [0.25, 0.3) is 11.8 Å². The molecule has 0 saturated carbocycles. The molecule has 2 aromatic rings. The first-order valence-electron chi connectivity index (χ1n) is 9.72. The van der Waals surface area contributed by atoms with Gasteiger partial charge in [-0.25, -0.2) is 0 Å². The van der Waals surface area contributed by atoms with Crippen molar-refractivity contribution >= 4 is 23.2 Å². The van der Waals surface area contributed by atoms with Gasteiger partial charge in [-0.3, -0.25) is 9.59 Å². The van der Waals surface area contributed by atoms with Crippen molar-refractivity contribution in [3.63, 3.8) is 0 Å². The summed E-state index contributed by atoms with van der Waals surface area (Å²) in [5, 5.41) is 5.80. The van der Waals surface area contributed by atoms with Crippen LogP contribution in [0.15, 0.2) is 48.5 Å². The molecule has 1 heterocycles. The van der Waals surface area contributed by atoms with Gasteiger partial charge in [-0.05, 0) is 49.7 Å². The summed E-state index contributed by atoms with van der Waals surface area (Å²) in [7, 11) is 0. The molecule has 6 nitrogen and oxygen atoms in total.